The Labute approximate surface area is 121 Å². The normalized spacial score (nSPS) is 16.2. The first kappa shape index (κ1) is 14.9. The summed E-state index contributed by atoms with van der Waals surface area (Å²) in [5.41, 5.74) is 0.662. The number of hydrogen-bond acceptors (Lipinski definition) is 3. The number of ether oxygens (including phenoxy) is 1. The van der Waals surface area contributed by atoms with E-state index >= 15 is 0 Å². The van der Waals surface area contributed by atoms with Crippen molar-refractivity contribution in [3.8, 4) is 5.75 Å². The van der Waals surface area contributed by atoms with Gasteiger partial charge in [0.1, 0.15) is 5.75 Å². The summed E-state index contributed by atoms with van der Waals surface area (Å²) in [6, 6.07) is 7.99. The van der Waals surface area contributed by atoms with Gasteiger partial charge in [0, 0.05) is 19.1 Å². The van der Waals surface area contributed by atoms with Crippen LogP contribution in [0, 0.1) is 0 Å². The molecule has 0 spiro atoms. The first-order chi connectivity index (χ1) is 9.76. The van der Waals surface area contributed by atoms with E-state index in [9.17, 15) is 4.79 Å². The Hall–Kier alpha value is -1.55. The van der Waals surface area contributed by atoms with Crippen LogP contribution in [-0.2, 0) is 0 Å². The van der Waals surface area contributed by atoms with Crippen molar-refractivity contribution in [2.75, 3.05) is 26.7 Å². The lowest BCUT2D eigenvalue weighted by Crippen LogP contribution is -2.45. The second-order valence-electron chi connectivity index (χ2n) is 5.22. The molecule has 0 atom stereocenters. The van der Waals surface area contributed by atoms with Gasteiger partial charge in [-0.3, -0.25) is 4.79 Å². The molecule has 0 bridgehead atoms. The summed E-state index contributed by atoms with van der Waals surface area (Å²) in [5.74, 6) is 0.736. The fourth-order valence-electron chi connectivity index (χ4n) is 2.63. The molecule has 20 heavy (non-hydrogen) atoms. The van der Waals surface area contributed by atoms with Gasteiger partial charge in [-0.05, 0) is 37.9 Å². The van der Waals surface area contributed by atoms with Crippen LogP contribution >= 0.6 is 0 Å². The third-order valence-corrected chi connectivity index (χ3v) is 3.80. The highest BCUT2D eigenvalue weighted by Crippen LogP contribution is 2.21. The van der Waals surface area contributed by atoms with Gasteiger partial charge in [0.2, 0.25) is 0 Å². The van der Waals surface area contributed by atoms with Crippen molar-refractivity contribution < 1.29 is 9.53 Å². The summed E-state index contributed by atoms with van der Waals surface area (Å²) in [7, 11) is 1.60. The van der Waals surface area contributed by atoms with Gasteiger partial charge in [0.25, 0.3) is 5.91 Å². The number of nitrogens with one attached hydrogen (secondary N) is 1. The summed E-state index contributed by atoms with van der Waals surface area (Å²) >= 11 is 0. The first-order valence-electron chi connectivity index (χ1n) is 7.42. The number of amides is 1. The Kier molecular flexibility index (Phi) is 5.41. The van der Waals surface area contributed by atoms with Crippen molar-refractivity contribution in [1.82, 2.24) is 10.2 Å². The van der Waals surface area contributed by atoms with E-state index in [-0.39, 0.29) is 5.91 Å². The predicted octanol–water partition coefficient (Wildman–Crippen LogP) is 2.30. The summed E-state index contributed by atoms with van der Waals surface area (Å²) in [6.45, 7) is 4.87. The van der Waals surface area contributed by atoms with Crippen molar-refractivity contribution in [3.05, 3.63) is 29.8 Å². The highest BCUT2D eigenvalue weighted by atomic mass is 16.5. The molecule has 4 heteroatoms. The van der Waals surface area contributed by atoms with Crippen LogP contribution in [0.15, 0.2) is 24.3 Å². The number of carbonyl (C=O) groups excluding carboxylic acids is 1. The number of piperidine rings is 1. The van der Waals surface area contributed by atoms with Gasteiger partial charge in [-0.15, -0.1) is 0 Å². The molecule has 1 aliphatic heterocycles. The zero-order chi connectivity index (χ0) is 14.4. The minimum absolute atomic E-state index is 0.0800. The number of hydrogen-bond donors (Lipinski definition) is 1. The number of methoxy groups -OCH3 is 1. The third-order valence-electron chi connectivity index (χ3n) is 3.80. The van der Waals surface area contributed by atoms with Gasteiger partial charge >= 0.3 is 0 Å². The number of para-hydroxylation sites is 1. The molecule has 4 nitrogen and oxygen atoms in total. The summed E-state index contributed by atoms with van der Waals surface area (Å²) in [5, 5.41) is 3.53. The molecule has 1 heterocycles. The van der Waals surface area contributed by atoms with Crippen molar-refractivity contribution in [2.45, 2.75) is 32.2 Å². The van der Waals surface area contributed by atoms with E-state index in [4.69, 9.17) is 4.74 Å². The minimum Gasteiger partial charge on any atom is -0.496 e. The SMILES string of the molecule is CCCNC1CCN(C(=O)c2ccccc2OC)CC1. The quantitative estimate of drug-likeness (QED) is 0.897. The average molecular weight is 276 g/mol. The van der Waals surface area contributed by atoms with Crippen molar-refractivity contribution in [2.24, 2.45) is 0 Å². The van der Waals surface area contributed by atoms with Crippen LogP contribution in [0.2, 0.25) is 0 Å². The molecule has 0 unspecified atom stereocenters. The first-order valence-corrected chi connectivity index (χ1v) is 7.42. The molecular formula is C16H24N2O2. The maximum Gasteiger partial charge on any atom is 0.257 e. The number of nitrogens with zero attached hydrogens (tertiary/aromatic N) is 1. The van der Waals surface area contributed by atoms with Crippen LogP contribution in [0.4, 0.5) is 0 Å². The molecule has 110 valence electrons. The van der Waals surface area contributed by atoms with Crippen molar-refractivity contribution in [1.29, 1.82) is 0 Å². The Morgan fingerprint density at radius 2 is 2.05 bits per heavy atom. The van der Waals surface area contributed by atoms with Gasteiger partial charge in [-0.1, -0.05) is 19.1 Å². The Bertz CT molecular complexity index is 440. The fourth-order valence-corrected chi connectivity index (χ4v) is 2.63. The molecule has 1 aromatic carbocycles. The van der Waals surface area contributed by atoms with E-state index in [1.54, 1.807) is 7.11 Å². The lowest BCUT2D eigenvalue weighted by Gasteiger charge is -2.32. The lowest BCUT2D eigenvalue weighted by atomic mass is 10.0. The average Bonchev–Trinajstić information content (AvgIpc) is 2.52. The standard InChI is InChI=1S/C16H24N2O2/c1-3-10-17-13-8-11-18(12-9-13)16(19)14-6-4-5-7-15(14)20-2/h4-7,13,17H,3,8-12H2,1-2H3. The smallest absolute Gasteiger partial charge is 0.257 e. The zero-order valence-corrected chi connectivity index (χ0v) is 12.4. The van der Waals surface area contributed by atoms with Gasteiger partial charge in [-0.2, -0.15) is 0 Å². The van der Waals surface area contributed by atoms with Crippen LogP contribution in [0.3, 0.4) is 0 Å². The Morgan fingerprint density at radius 1 is 1.35 bits per heavy atom. The van der Waals surface area contributed by atoms with Crippen molar-refractivity contribution >= 4 is 5.91 Å². The monoisotopic (exact) mass is 276 g/mol. The second kappa shape index (κ2) is 7.29. The van der Waals surface area contributed by atoms with Crippen LogP contribution in [0.25, 0.3) is 0 Å². The molecule has 2 rings (SSSR count). The molecular weight excluding hydrogens is 252 g/mol. The summed E-state index contributed by atoms with van der Waals surface area (Å²) in [4.78, 5) is 14.5. The maximum atomic E-state index is 12.5. The molecule has 1 N–H and O–H groups in total. The van der Waals surface area contributed by atoms with Gasteiger partial charge in [0.15, 0.2) is 0 Å². The van der Waals surface area contributed by atoms with E-state index in [0.717, 1.165) is 38.9 Å². The third kappa shape index (κ3) is 3.51. The number of carbonyl (C=O) groups is 1. The molecule has 1 fully saturated rings. The Balaban J connectivity index is 1.94. The molecule has 1 saturated heterocycles. The second-order valence-corrected chi connectivity index (χ2v) is 5.22. The molecule has 0 aliphatic carbocycles. The molecule has 0 aromatic heterocycles. The highest BCUT2D eigenvalue weighted by Gasteiger charge is 2.24. The summed E-state index contributed by atoms with van der Waals surface area (Å²) < 4.78 is 5.27. The van der Waals surface area contributed by atoms with Gasteiger partial charge < -0.3 is 15.0 Å². The van der Waals surface area contributed by atoms with E-state index < -0.39 is 0 Å². The zero-order valence-electron chi connectivity index (χ0n) is 12.4. The molecule has 1 amide bonds. The number of likely N-dealkylation sites (tertiary alicyclic amines) is 1. The molecule has 1 aromatic rings. The number of benzene rings is 1. The van der Waals surface area contributed by atoms with Crippen LogP contribution in [-0.4, -0.2) is 43.6 Å². The number of rotatable bonds is 5. The van der Waals surface area contributed by atoms with E-state index in [1.807, 2.05) is 29.2 Å². The highest BCUT2D eigenvalue weighted by molar-refractivity contribution is 5.97. The summed E-state index contributed by atoms with van der Waals surface area (Å²) in [6.07, 6.45) is 3.21. The molecule has 0 radical (unpaired) electrons. The largest absolute Gasteiger partial charge is 0.496 e. The predicted molar refractivity (Wildman–Crippen MR) is 80.2 cm³/mol. The van der Waals surface area contributed by atoms with E-state index in [2.05, 4.69) is 12.2 Å². The van der Waals surface area contributed by atoms with Crippen LogP contribution in [0.5, 0.6) is 5.75 Å². The molecule has 0 saturated carbocycles. The lowest BCUT2D eigenvalue weighted by molar-refractivity contribution is 0.0702. The van der Waals surface area contributed by atoms with Crippen LogP contribution < -0.4 is 10.1 Å². The Morgan fingerprint density at radius 3 is 2.70 bits per heavy atom. The maximum absolute atomic E-state index is 12.5. The van der Waals surface area contributed by atoms with Gasteiger partial charge in [-0.25, -0.2) is 0 Å². The van der Waals surface area contributed by atoms with Crippen molar-refractivity contribution in [3.63, 3.8) is 0 Å². The van der Waals surface area contributed by atoms with E-state index in [0.29, 0.717) is 17.4 Å². The van der Waals surface area contributed by atoms with E-state index in [1.165, 1.54) is 0 Å². The van der Waals surface area contributed by atoms with Gasteiger partial charge in [0.05, 0.1) is 12.7 Å². The fraction of sp³-hybridized carbons (Fsp3) is 0.562. The van der Waals surface area contributed by atoms with Crippen LogP contribution in [0.1, 0.15) is 36.5 Å². The minimum atomic E-state index is 0.0800. The molecule has 1 aliphatic rings. The topological polar surface area (TPSA) is 41.6 Å².